The molecule has 17 heavy (non-hydrogen) atoms. The minimum absolute atomic E-state index is 0.493. The van der Waals surface area contributed by atoms with E-state index in [9.17, 15) is 0 Å². The van der Waals surface area contributed by atoms with Crippen molar-refractivity contribution in [1.82, 2.24) is 0 Å². The zero-order valence-electron chi connectivity index (χ0n) is 9.60. The third kappa shape index (κ3) is 3.84. The van der Waals surface area contributed by atoms with Gasteiger partial charge in [0.15, 0.2) is 0 Å². The summed E-state index contributed by atoms with van der Waals surface area (Å²) in [6.45, 7) is 0.713. The predicted molar refractivity (Wildman–Crippen MR) is 75.7 cm³/mol. The molecular weight excluding hydrogens is 250 g/mol. The van der Waals surface area contributed by atoms with Gasteiger partial charge in [0.25, 0.3) is 0 Å². The molecule has 0 amide bonds. The Morgan fingerprint density at radius 2 is 2.06 bits per heavy atom. The van der Waals surface area contributed by atoms with Gasteiger partial charge >= 0.3 is 0 Å². The predicted octanol–water partition coefficient (Wildman–Crippen LogP) is 3.76. The molecule has 1 aromatic heterocycles. The van der Waals surface area contributed by atoms with Gasteiger partial charge in [0.05, 0.1) is 0 Å². The number of benzene rings is 1. The molecule has 0 radical (unpaired) electrons. The van der Waals surface area contributed by atoms with Crippen molar-refractivity contribution in [3.63, 3.8) is 0 Å². The molecule has 1 nitrogen and oxygen atoms in total. The normalized spacial score (nSPS) is 12.6. The monoisotopic (exact) mass is 265 g/mol. The number of thiophene rings is 1. The summed E-state index contributed by atoms with van der Waals surface area (Å²) in [5, 5.41) is 2.91. The first-order valence-electron chi connectivity index (χ1n) is 5.75. The van der Waals surface area contributed by atoms with E-state index in [2.05, 4.69) is 23.6 Å². The number of hydrogen-bond acceptors (Lipinski definition) is 2. The smallest absolute Gasteiger partial charge is 0.0408 e. The van der Waals surface area contributed by atoms with Gasteiger partial charge in [-0.1, -0.05) is 29.8 Å². The maximum Gasteiger partial charge on any atom is 0.0408 e. The maximum absolute atomic E-state index is 5.99. The van der Waals surface area contributed by atoms with Crippen LogP contribution in [0.2, 0.25) is 5.02 Å². The lowest BCUT2D eigenvalue weighted by Gasteiger charge is -2.13. The highest BCUT2D eigenvalue weighted by Gasteiger charge is 2.09. The molecule has 2 rings (SSSR count). The molecule has 1 atom stereocenters. The standard InChI is InChI=1S/C14H16ClNS/c15-13-4-1-3-11(8-13)7-12(10-16)9-14-5-2-6-17-14/h1-6,8,12H,7,9-10,16H2. The maximum atomic E-state index is 5.99. The summed E-state index contributed by atoms with van der Waals surface area (Å²) in [5.41, 5.74) is 7.11. The molecule has 0 bridgehead atoms. The van der Waals surface area contributed by atoms with Crippen LogP contribution in [0.3, 0.4) is 0 Å². The van der Waals surface area contributed by atoms with E-state index in [0.717, 1.165) is 17.9 Å². The largest absolute Gasteiger partial charge is 0.330 e. The Bertz CT molecular complexity index is 453. The van der Waals surface area contributed by atoms with Gasteiger partial charge in [-0.2, -0.15) is 0 Å². The minimum atomic E-state index is 0.493. The van der Waals surface area contributed by atoms with Crippen molar-refractivity contribution in [2.75, 3.05) is 6.54 Å². The van der Waals surface area contributed by atoms with Crippen LogP contribution in [0.15, 0.2) is 41.8 Å². The van der Waals surface area contributed by atoms with Crippen LogP contribution in [0.4, 0.5) is 0 Å². The molecule has 1 aromatic carbocycles. The second kappa shape index (κ2) is 6.20. The fourth-order valence-electron chi connectivity index (χ4n) is 1.95. The zero-order chi connectivity index (χ0) is 12.1. The molecule has 2 aromatic rings. The summed E-state index contributed by atoms with van der Waals surface area (Å²) < 4.78 is 0. The highest BCUT2D eigenvalue weighted by atomic mass is 35.5. The lowest BCUT2D eigenvalue weighted by Crippen LogP contribution is -2.18. The van der Waals surface area contributed by atoms with Crippen molar-refractivity contribution >= 4 is 22.9 Å². The topological polar surface area (TPSA) is 26.0 Å². The van der Waals surface area contributed by atoms with Gasteiger partial charge in [-0.15, -0.1) is 11.3 Å². The lowest BCUT2D eigenvalue weighted by molar-refractivity contribution is 0.537. The molecule has 0 fully saturated rings. The van der Waals surface area contributed by atoms with Crippen molar-refractivity contribution in [2.45, 2.75) is 12.8 Å². The Morgan fingerprint density at radius 3 is 2.71 bits per heavy atom. The Labute approximate surface area is 111 Å². The minimum Gasteiger partial charge on any atom is -0.330 e. The van der Waals surface area contributed by atoms with Gasteiger partial charge in [0, 0.05) is 9.90 Å². The van der Waals surface area contributed by atoms with Crippen molar-refractivity contribution < 1.29 is 0 Å². The average molecular weight is 266 g/mol. The molecule has 3 heteroatoms. The first-order chi connectivity index (χ1) is 8.28. The van der Waals surface area contributed by atoms with Crippen LogP contribution < -0.4 is 5.73 Å². The van der Waals surface area contributed by atoms with E-state index in [4.69, 9.17) is 17.3 Å². The first kappa shape index (κ1) is 12.6. The van der Waals surface area contributed by atoms with Crippen molar-refractivity contribution in [1.29, 1.82) is 0 Å². The third-order valence-corrected chi connectivity index (χ3v) is 3.95. The van der Waals surface area contributed by atoms with Crippen LogP contribution >= 0.6 is 22.9 Å². The van der Waals surface area contributed by atoms with E-state index in [1.807, 2.05) is 18.2 Å². The summed E-state index contributed by atoms with van der Waals surface area (Å²) in [7, 11) is 0. The highest BCUT2D eigenvalue weighted by Crippen LogP contribution is 2.19. The summed E-state index contributed by atoms with van der Waals surface area (Å²) >= 11 is 7.78. The summed E-state index contributed by atoms with van der Waals surface area (Å²) in [6.07, 6.45) is 2.05. The van der Waals surface area contributed by atoms with Gasteiger partial charge < -0.3 is 5.73 Å². The van der Waals surface area contributed by atoms with Gasteiger partial charge in [-0.05, 0) is 54.4 Å². The fourth-order valence-corrected chi connectivity index (χ4v) is 2.98. The van der Waals surface area contributed by atoms with Gasteiger partial charge in [0.1, 0.15) is 0 Å². The lowest BCUT2D eigenvalue weighted by atomic mass is 9.96. The molecular formula is C14H16ClNS. The van der Waals surface area contributed by atoms with E-state index < -0.39 is 0 Å². The van der Waals surface area contributed by atoms with E-state index in [1.165, 1.54) is 10.4 Å². The Balaban J connectivity index is 2.00. The van der Waals surface area contributed by atoms with Gasteiger partial charge in [-0.3, -0.25) is 0 Å². The highest BCUT2D eigenvalue weighted by molar-refractivity contribution is 7.09. The second-order valence-electron chi connectivity index (χ2n) is 4.22. The molecule has 0 saturated carbocycles. The third-order valence-electron chi connectivity index (χ3n) is 2.82. The van der Waals surface area contributed by atoms with Crippen LogP contribution in [0, 0.1) is 5.92 Å². The molecule has 1 unspecified atom stereocenters. The number of halogens is 1. The van der Waals surface area contributed by atoms with Crippen LogP contribution in [0.1, 0.15) is 10.4 Å². The quantitative estimate of drug-likeness (QED) is 0.875. The van der Waals surface area contributed by atoms with E-state index in [1.54, 1.807) is 11.3 Å². The van der Waals surface area contributed by atoms with Crippen molar-refractivity contribution in [2.24, 2.45) is 11.7 Å². The SMILES string of the molecule is NCC(Cc1cccc(Cl)c1)Cc1cccs1. The first-order valence-corrected chi connectivity index (χ1v) is 7.00. The van der Waals surface area contributed by atoms with E-state index in [-0.39, 0.29) is 0 Å². The molecule has 0 spiro atoms. The zero-order valence-corrected chi connectivity index (χ0v) is 11.2. The van der Waals surface area contributed by atoms with Crippen molar-refractivity contribution in [3.05, 3.63) is 57.2 Å². The van der Waals surface area contributed by atoms with Crippen LogP contribution in [-0.4, -0.2) is 6.54 Å². The molecule has 90 valence electrons. The van der Waals surface area contributed by atoms with Crippen LogP contribution in [-0.2, 0) is 12.8 Å². The van der Waals surface area contributed by atoms with E-state index in [0.29, 0.717) is 12.5 Å². The molecule has 0 aliphatic rings. The molecule has 1 heterocycles. The summed E-state index contributed by atoms with van der Waals surface area (Å²) in [4.78, 5) is 1.41. The number of hydrogen-bond donors (Lipinski definition) is 1. The summed E-state index contributed by atoms with van der Waals surface area (Å²) in [5.74, 6) is 0.493. The molecule has 2 N–H and O–H groups in total. The molecule has 0 aliphatic heterocycles. The Kier molecular flexibility index (Phi) is 4.60. The van der Waals surface area contributed by atoms with E-state index >= 15 is 0 Å². The summed E-state index contributed by atoms with van der Waals surface area (Å²) in [6, 6.07) is 12.3. The Morgan fingerprint density at radius 1 is 1.18 bits per heavy atom. The number of rotatable bonds is 5. The number of nitrogens with two attached hydrogens (primary N) is 1. The van der Waals surface area contributed by atoms with Crippen LogP contribution in [0.5, 0.6) is 0 Å². The van der Waals surface area contributed by atoms with Crippen molar-refractivity contribution in [3.8, 4) is 0 Å². The fraction of sp³-hybridized carbons (Fsp3) is 0.286. The van der Waals surface area contributed by atoms with Gasteiger partial charge in [0.2, 0.25) is 0 Å². The average Bonchev–Trinajstić information content (AvgIpc) is 2.81. The second-order valence-corrected chi connectivity index (χ2v) is 5.69. The molecule has 0 saturated heterocycles. The van der Waals surface area contributed by atoms with Crippen LogP contribution in [0.25, 0.3) is 0 Å². The molecule has 0 aliphatic carbocycles. The van der Waals surface area contributed by atoms with Gasteiger partial charge in [-0.25, -0.2) is 0 Å². The Hall–Kier alpha value is -0.830.